The summed E-state index contributed by atoms with van der Waals surface area (Å²) in [7, 11) is 0. The van der Waals surface area contributed by atoms with E-state index in [2.05, 4.69) is 44.5 Å². The van der Waals surface area contributed by atoms with E-state index in [-0.39, 0.29) is 5.56 Å². The van der Waals surface area contributed by atoms with Crippen LogP contribution in [0.4, 0.5) is 11.6 Å². The molecule has 0 saturated carbocycles. The average Bonchev–Trinajstić information content (AvgIpc) is 3.20. The van der Waals surface area contributed by atoms with Gasteiger partial charge in [0, 0.05) is 12.2 Å². The van der Waals surface area contributed by atoms with Crippen molar-refractivity contribution in [3.63, 3.8) is 0 Å². The molecule has 6 nitrogen and oxygen atoms in total. The van der Waals surface area contributed by atoms with Gasteiger partial charge < -0.3 is 5.32 Å². The first-order chi connectivity index (χ1) is 13.2. The van der Waals surface area contributed by atoms with E-state index in [1.165, 1.54) is 42.8 Å². The quantitative estimate of drug-likeness (QED) is 0.702. The summed E-state index contributed by atoms with van der Waals surface area (Å²) in [4.78, 5) is 18.3. The zero-order chi connectivity index (χ0) is 18.6. The predicted octanol–water partition coefficient (Wildman–Crippen LogP) is 3.87. The number of thiophene rings is 1. The fraction of sp³-hybridized carbons (Fsp3) is 0.350. The summed E-state index contributed by atoms with van der Waals surface area (Å²) < 4.78 is 0. The zero-order valence-electron chi connectivity index (χ0n) is 15.3. The number of aromatic nitrogens is 3. The van der Waals surface area contributed by atoms with Crippen molar-refractivity contribution in [2.24, 2.45) is 5.92 Å². The molecule has 27 heavy (non-hydrogen) atoms. The predicted molar refractivity (Wildman–Crippen MR) is 109 cm³/mol. The van der Waals surface area contributed by atoms with Crippen molar-refractivity contribution in [3.05, 3.63) is 57.7 Å². The number of likely N-dealkylation sites (tertiary alicyclic amines) is 1. The van der Waals surface area contributed by atoms with E-state index >= 15 is 0 Å². The Hall–Kier alpha value is -2.51. The van der Waals surface area contributed by atoms with Crippen molar-refractivity contribution >= 4 is 23.0 Å². The number of nitrogens with zero attached hydrogens (tertiary/aromatic N) is 3. The maximum absolute atomic E-state index is 12.2. The van der Waals surface area contributed by atoms with Crippen LogP contribution in [0.2, 0.25) is 0 Å². The fourth-order valence-electron chi connectivity index (χ4n) is 3.28. The monoisotopic (exact) mass is 381 g/mol. The van der Waals surface area contributed by atoms with Crippen LogP contribution in [0.3, 0.4) is 0 Å². The van der Waals surface area contributed by atoms with Gasteiger partial charge >= 0.3 is 0 Å². The van der Waals surface area contributed by atoms with Crippen molar-refractivity contribution < 1.29 is 0 Å². The minimum absolute atomic E-state index is 0.245. The Labute approximate surface area is 162 Å². The third-order valence-electron chi connectivity index (χ3n) is 4.95. The fourth-order valence-corrected chi connectivity index (χ4v) is 3.98. The molecule has 0 aliphatic carbocycles. The number of hydrogen-bond donors (Lipinski definition) is 2. The summed E-state index contributed by atoms with van der Waals surface area (Å²) in [5, 5.41) is 13.2. The van der Waals surface area contributed by atoms with Crippen LogP contribution < -0.4 is 10.9 Å². The molecule has 0 atom stereocenters. The van der Waals surface area contributed by atoms with Gasteiger partial charge in [0.05, 0.1) is 4.88 Å². The van der Waals surface area contributed by atoms with E-state index < -0.39 is 0 Å². The maximum Gasteiger partial charge on any atom is 0.280 e. The first kappa shape index (κ1) is 17.9. The summed E-state index contributed by atoms with van der Waals surface area (Å²) in [5.74, 6) is 1.19. The molecule has 140 valence electrons. The molecule has 1 aromatic carbocycles. The van der Waals surface area contributed by atoms with E-state index in [0.717, 1.165) is 23.0 Å². The summed E-state index contributed by atoms with van der Waals surface area (Å²) >= 11 is 1.47. The number of H-pyrrole nitrogens is 1. The minimum Gasteiger partial charge on any atom is -0.324 e. The molecule has 2 N–H and O–H groups in total. The van der Waals surface area contributed by atoms with Gasteiger partial charge in [0.1, 0.15) is 0 Å². The number of hydrogen-bond acceptors (Lipinski definition) is 6. The van der Waals surface area contributed by atoms with E-state index in [1.54, 1.807) is 0 Å². The highest BCUT2D eigenvalue weighted by molar-refractivity contribution is 7.13. The number of rotatable bonds is 5. The van der Waals surface area contributed by atoms with Gasteiger partial charge in [0.15, 0.2) is 5.69 Å². The molecule has 1 fully saturated rings. The average molecular weight is 382 g/mol. The van der Waals surface area contributed by atoms with Crippen LogP contribution in [0.1, 0.15) is 25.3 Å². The summed E-state index contributed by atoms with van der Waals surface area (Å²) in [6.07, 6.45) is 2.57. The van der Waals surface area contributed by atoms with Crippen LogP contribution in [0.5, 0.6) is 0 Å². The Balaban J connectivity index is 1.40. The largest absolute Gasteiger partial charge is 0.324 e. The van der Waals surface area contributed by atoms with Gasteiger partial charge in [-0.1, -0.05) is 25.1 Å². The standard InChI is InChI=1S/C20H23N5OS/c1-14-8-10-25(11-9-14)13-15-4-6-16(7-5-15)21-20-22-19(26)18(23-24-20)17-3-2-12-27-17/h2-7,12,14H,8-11,13H2,1H3,(H2,21,22,24,26). The molecular weight excluding hydrogens is 358 g/mol. The van der Waals surface area contributed by atoms with Crippen LogP contribution in [-0.2, 0) is 6.54 Å². The van der Waals surface area contributed by atoms with Gasteiger partial charge in [0.2, 0.25) is 5.95 Å². The highest BCUT2D eigenvalue weighted by Crippen LogP contribution is 2.21. The second-order valence-electron chi connectivity index (χ2n) is 7.11. The lowest BCUT2D eigenvalue weighted by molar-refractivity contribution is 0.185. The third-order valence-corrected chi connectivity index (χ3v) is 5.83. The Morgan fingerprint density at radius 3 is 2.63 bits per heavy atom. The Morgan fingerprint density at radius 1 is 1.19 bits per heavy atom. The lowest BCUT2D eigenvalue weighted by atomic mass is 9.99. The number of piperidine rings is 1. The van der Waals surface area contributed by atoms with Crippen LogP contribution in [0.25, 0.3) is 10.6 Å². The smallest absolute Gasteiger partial charge is 0.280 e. The van der Waals surface area contributed by atoms with Crippen molar-refractivity contribution in [1.29, 1.82) is 0 Å². The lowest BCUT2D eigenvalue weighted by Crippen LogP contribution is -2.32. The molecule has 7 heteroatoms. The van der Waals surface area contributed by atoms with E-state index in [4.69, 9.17) is 0 Å². The maximum atomic E-state index is 12.2. The molecular formula is C20H23N5OS. The molecule has 1 aliphatic rings. The molecule has 3 heterocycles. The van der Waals surface area contributed by atoms with Crippen molar-refractivity contribution in [2.45, 2.75) is 26.3 Å². The second kappa shape index (κ2) is 8.02. The number of benzene rings is 1. The molecule has 0 amide bonds. The molecule has 4 rings (SSSR count). The zero-order valence-corrected chi connectivity index (χ0v) is 16.1. The van der Waals surface area contributed by atoms with Gasteiger partial charge in [0.25, 0.3) is 5.56 Å². The molecule has 1 aliphatic heterocycles. The Bertz CT molecular complexity index is 928. The first-order valence-electron chi connectivity index (χ1n) is 9.26. The lowest BCUT2D eigenvalue weighted by Gasteiger charge is -2.30. The molecule has 0 radical (unpaired) electrons. The minimum atomic E-state index is -0.245. The molecule has 0 spiro atoms. The highest BCUT2D eigenvalue weighted by Gasteiger charge is 2.15. The third kappa shape index (κ3) is 4.43. The van der Waals surface area contributed by atoms with Crippen LogP contribution >= 0.6 is 11.3 Å². The topological polar surface area (TPSA) is 73.9 Å². The van der Waals surface area contributed by atoms with Crippen molar-refractivity contribution in [1.82, 2.24) is 20.1 Å². The SMILES string of the molecule is CC1CCN(Cc2ccc(Nc3nnc(-c4cccs4)c(=O)[nH]3)cc2)CC1. The van der Waals surface area contributed by atoms with E-state index in [0.29, 0.717) is 11.6 Å². The molecule has 2 aromatic heterocycles. The molecule has 3 aromatic rings. The highest BCUT2D eigenvalue weighted by atomic mass is 32.1. The normalized spacial score (nSPS) is 15.7. The van der Waals surface area contributed by atoms with Gasteiger partial charge in [-0.3, -0.25) is 14.7 Å². The van der Waals surface area contributed by atoms with Crippen LogP contribution in [0.15, 0.2) is 46.6 Å². The molecule has 0 unspecified atom stereocenters. The van der Waals surface area contributed by atoms with Crippen molar-refractivity contribution in [3.8, 4) is 10.6 Å². The Morgan fingerprint density at radius 2 is 1.96 bits per heavy atom. The molecule has 0 bridgehead atoms. The van der Waals surface area contributed by atoms with Gasteiger partial charge in [-0.05, 0) is 61.0 Å². The van der Waals surface area contributed by atoms with Gasteiger partial charge in [-0.25, -0.2) is 0 Å². The number of aromatic amines is 1. The number of anilines is 2. The van der Waals surface area contributed by atoms with E-state index in [9.17, 15) is 4.79 Å². The van der Waals surface area contributed by atoms with Crippen molar-refractivity contribution in [2.75, 3.05) is 18.4 Å². The number of nitrogens with one attached hydrogen (secondary N) is 2. The van der Waals surface area contributed by atoms with Crippen LogP contribution in [-0.4, -0.2) is 33.2 Å². The summed E-state index contributed by atoms with van der Waals surface area (Å²) in [6.45, 7) is 5.67. The summed E-state index contributed by atoms with van der Waals surface area (Å²) in [5.41, 5.74) is 2.27. The van der Waals surface area contributed by atoms with E-state index in [1.807, 2.05) is 29.6 Å². The van der Waals surface area contributed by atoms with Gasteiger partial charge in [-0.15, -0.1) is 21.5 Å². The second-order valence-corrected chi connectivity index (χ2v) is 8.06. The summed E-state index contributed by atoms with van der Waals surface area (Å²) in [6, 6.07) is 12.0. The van der Waals surface area contributed by atoms with Crippen LogP contribution in [0, 0.1) is 5.92 Å². The Kier molecular flexibility index (Phi) is 5.31. The van der Waals surface area contributed by atoms with Gasteiger partial charge in [-0.2, -0.15) is 0 Å². The first-order valence-corrected chi connectivity index (χ1v) is 10.1. The molecule has 1 saturated heterocycles.